The Morgan fingerprint density at radius 3 is 2.15 bits per heavy atom. The van der Waals surface area contributed by atoms with Crippen molar-refractivity contribution in [3.8, 4) is 17.2 Å². The summed E-state index contributed by atoms with van der Waals surface area (Å²) in [5.41, 5.74) is 3.52. The van der Waals surface area contributed by atoms with Crippen LogP contribution in [0.25, 0.3) is 0 Å². The molecule has 33 heavy (non-hydrogen) atoms. The fraction of sp³-hybridized carbons (Fsp3) is 0.160. The SMILES string of the molecule is CCCOc1ccc(C(=O)Oc2ccc(/C=N/NC(=O)COc3ccc(Cl)cc3)cc2)cc1. The van der Waals surface area contributed by atoms with Gasteiger partial charge in [-0.3, -0.25) is 4.79 Å². The van der Waals surface area contributed by atoms with Gasteiger partial charge in [0.05, 0.1) is 18.4 Å². The van der Waals surface area contributed by atoms with Gasteiger partial charge in [0.1, 0.15) is 17.2 Å². The fourth-order valence-corrected chi connectivity index (χ4v) is 2.71. The summed E-state index contributed by atoms with van der Waals surface area (Å²) < 4.78 is 16.2. The first kappa shape index (κ1) is 23.8. The molecule has 0 bridgehead atoms. The van der Waals surface area contributed by atoms with Crippen molar-refractivity contribution in [2.24, 2.45) is 5.10 Å². The zero-order valence-corrected chi connectivity index (χ0v) is 18.7. The third-order valence-corrected chi connectivity index (χ3v) is 4.49. The second-order valence-corrected chi connectivity index (χ2v) is 7.30. The van der Waals surface area contributed by atoms with E-state index in [1.807, 2.05) is 6.92 Å². The number of esters is 1. The average Bonchev–Trinajstić information content (AvgIpc) is 2.84. The van der Waals surface area contributed by atoms with Gasteiger partial charge in [0.2, 0.25) is 0 Å². The Hall–Kier alpha value is -3.84. The number of carbonyl (C=O) groups is 2. The second kappa shape index (κ2) is 12.3. The van der Waals surface area contributed by atoms with E-state index < -0.39 is 11.9 Å². The molecular formula is C25H23ClN2O5. The van der Waals surface area contributed by atoms with E-state index in [-0.39, 0.29) is 6.61 Å². The van der Waals surface area contributed by atoms with Crippen LogP contribution in [0.3, 0.4) is 0 Å². The lowest BCUT2D eigenvalue weighted by atomic mass is 10.2. The Balaban J connectivity index is 1.44. The summed E-state index contributed by atoms with van der Waals surface area (Å²) in [5.74, 6) is 0.762. The van der Waals surface area contributed by atoms with Crippen molar-refractivity contribution in [1.82, 2.24) is 5.43 Å². The minimum atomic E-state index is -0.466. The monoisotopic (exact) mass is 466 g/mol. The van der Waals surface area contributed by atoms with Crippen LogP contribution >= 0.6 is 11.6 Å². The van der Waals surface area contributed by atoms with E-state index in [0.717, 1.165) is 6.42 Å². The van der Waals surface area contributed by atoms with Crippen molar-refractivity contribution in [2.45, 2.75) is 13.3 Å². The van der Waals surface area contributed by atoms with Crippen molar-refractivity contribution in [3.05, 3.63) is 88.9 Å². The Morgan fingerprint density at radius 1 is 0.879 bits per heavy atom. The lowest BCUT2D eigenvalue weighted by Gasteiger charge is -2.07. The van der Waals surface area contributed by atoms with Gasteiger partial charge in [0.15, 0.2) is 6.61 Å². The lowest BCUT2D eigenvalue weighted by molar-refractivity contribution is -0.123. The van der Waals surface area contributed by atoms with Crippen LogP contribution < -0.4 is 19.6 Å². The van der Waals surface area contributed by atoms with Crippen LogP contribution in [-0.2, 0) is 4.79 Å². The molecule has 0 saturated carbocycles. The van der Waals surface area contributed by atoms with Gasteiger partial charge in [0.25, 0.3) is 5.91 Å². The molecule has 0 aliphatic heterocycles. The minimum Gasteiger partial charge on any atom is -0.494 e. The van der Waals surface area contributed by atoms with Crippen molar-refractivity contribution in [3.63, 3.8) is 0 Å². The Labute approximate surface area is 196 Å². The molecule has 0 unspecified atom stereocenters. The van der Waals surface area contributed by atoms with E-state index in [1.165, 1.54) is 6.21 Å². The van der Waals surface area contributed by atoms with Crippen LogP contribution in [0.15, 0.2) is 77.9 Å². The number of rotatable bonds is 10. The number of hydrazone groups is 1. The van der Waals surface area contributed by atoms with E-state index in [2.05, 4.69) is 10.5 Å². The summed E-state index contributed by atoms with van der Waals surface area (Å²) in [5, 5.41) is 4.48. The average molecular weight is 467 g/mol. The van der Waals surface area contributed by atoms with Crippen molar-refractivity contribution >= 4 is 29.7 Å². The van der Waals surface area contributed by atoms with Crippen LogP contribution in [0, 0.1) is 0 Å². The van der Waals surface area contributed by atoms with E-state index in [9.17, 15) is 9.59 Å². The van der Waals surface area contributed by atoms with E-state index in [1.54, 1.807) is 72.8 Å². The van der Waals surface area contributed by atoms with Gasteiger partial charge >= 0.3 is 5.97 Å². The van der Waals surface area contributed by atoms with Gasteiger partial charge in [-0.2, -0.15) is 5.10 Å². The summed E-state index contributed by atoms with van der Waals surface area (Å²) in [6.45, 7) is 2.47. The number of nitrogens with one attached hydrogen (secondary N) is 1. The number of nitrogens with zero attached hydrogens (tertiary/aromatic N) is 1. The highest BCUT2D eigenvalue weighted by atomic mass is 35.5. The molecule has 3 rings (SSSR count). The number of benzene rings is 3. The summed E-state index contributed by atoms with van der Waals surface area (Å²) in [6, 6.07) is 20.2. The Morgan fingerprint density at radius 2 is 1.48 bits per heavy atom. The van der Waals surface area contributed by atoms with Crippen LogP contribution in [0.5, 0.6) is 17.2 Å². The highest BCUT2D eigenvalue weighted by Crippen LogP contribution is 2.17. The van der Waals surface area contributed by atoms with Gasteiger partial charge in [-0.15, -0.1) is 0 Å². The first-order chi connectivity index (χ1) is 16.0. The summed E-state index contributed by atoms with van der Waals surface area (Å²) in [4.78, 5) is 24.1. The van der Waals surface area contributed by atoms with Crippen LogP contribution in [0.4, 0.5) is 0 Å². The van der Waals surface area contributed by atoms with Gasteiger partial charge in [-0.05, 0) is 84.8 Å². The van der Waals surface area contributed by atoms with E-state index in [0.29, 0.717) is 40.0 Å². The number of hydrogen-bond donors (Lipinski definition) is 1. The maximum Gasteiger partial charge on any atom is 0.343 e. The third-order valence-electron chi connectivity index (χ3n) is 4.24. The number of hydrogen-bond acceptors (Lipinski definition) is 6. The van der Waals surface area contributed by atoms with E-state index >= 15 is 0 Å². The Kier molecular flexibility index (Phi) is 8.85. The van der Waals surface area contributed by atoms with Crippen LogP contribution in [0.2, 0.25) is 5.02 Å². The fourth-order valence-electron chi connectivity index (χ4n) is 2.59. The molecule has 0 atom stereocenters. The molecule has 3 aromatic carbocycles. The second-order valence-electron chi connectivity index (χ2n) is 6.87. The molecular weight excluding hydrogens is 444 g/mol. The van der Waals surface area contributed by atoms with Crippen molar-refractivity contribution in [2.75, 3.05) is 13.2 Å². The normalized spacial score (nSPS) is 10.6. The highest BCUT2D eigenvalue weighted by molar-refractivity contribution is 6.30. The van der Waals surface area contributed by atoms with E-state index in [4.69, 9.17) is 25.8 Å². The number of halogens is 1. The maximum atomic E-state index is 12.3. The Bertz CT molecular complexity index is 1080. The molecule has 0 heterocycles. The molecule has 0 radical (unpaired) electrons. The zero-order valence-electron chi connectivity index (χ0n) is 18.0. The number of amides is 1. The smallest absolute Gasteiger partial charge is 0.343 e. The number of ether oxygens (including phenoxy) is 3. The zero-order chi connectivity index (χ0) is 23.5. The summed E-state index contributed by atoms with van der Waals surface area (Å²) >= 11 is 5.80. The molecule has 0 fully saturated rings. The highest BCUT2D eigenvalue weighted by Gasteiger charge is 2.09. The van der Waals surface area contributed by atoms with Gasteiger partial charge < -0.3 is 14.2 Å². The van der Waals surface area contributed by atoms with Crippen LogP contribution in [-0.4, -0.2) is 31.3 Å². The molecule has 0 spiro atoms. The molecule has 1 amide bonds. The number of carbonyl (C=O) groups excluding carboxylic acids is 2. The molecule has 3 aromatic rings. The van der Waals surface area contributed by atoms with Crippen molar-refractivity contribution < 1.29 is 23.8 Å². The minimum absolute atomic E-state index is 0.181. The first-order valence-electron chi connectivity index (χ1n) is 10.3. The summed E-state index contributed by atoms with van der Waals surface area (Å²) in [6.07, 6.45) is 2.39. The molecule has 0 saturated heterocycles. The maximum absolute atomic E-state index is 12.3. The molecule has 8 heteroatoms. The van der Waals surface area contributed by atoms with Gasteiger partial charge in [0, 0.05) is 5.02 Å². The first-order valence-corrected chi connectivity index (χ1v) is 10.7. The van der Waals surface area contributed by atoms with Gasteiger partial charge in [-0.25, -0.2) is 10.2 Å². The molecule has 0 aromatic heterocycles. The lowest BCUT2D eigenvalue weighted by Crippen LogP contribution is -2.24. The predicted octanol–water partition coefficient (Wildman–Crippen LogP) is 4.88. The molecule has 7 nitrogen and oxygen atoms in total. The predicted molar refractivity (Wildman–Crippen MR) is 126 cm³/mol. The topological polar surface area (TPSA) is 86.2 Å². The molecule has 0 aliphatic rings. The standard InChI is InChI=1S/C25H23ClN2O5/c1-2-15-31-21-11-5-19(6-12-21)25(30)33-23-9-3-18(4-10-23)16-27-28-24(29)17-32-22-13-7-20(26)8-14-22/h3-14,16H,2,15,17H2,1H3,(H,28,29)/b27-16+. The summed E-state index contributed by atoms with van der Waals surface area (Å²) in [7, 11) is 0. The van der Waals surface area contributed by atoms with Crippen LogP contribution in [0.1, 0.15) is 29.3 Å². The van der Waals surface area contributed by atoms with Gasteiger partial charge in [-0.1, -0.05) is 18.5 Å². The quantitative estimate of drug-likeness (QED) is 0.199. The molecule has 1 N–H and O–H groups in total. The third kappa shape index (κ3) is 7.97. The largest absolute Gasteiger partial charge is 0.494 e. The van der Waals surface area contributed by atoms with Crippen molar-refractivity contribution in [1.29, 1.82) is 0 Å². The molecule has 170 valence electrons. The molecule has 0 aliphatic carbocycles.